The summed E-state index contributed by atoms with van der Waals surface area (Å²) in [5.74, 6) is -0.499. The standard InChI is InChI=1S/C24H40O4Si/c1-7-18(25)19-16(2)21(26)22(3)13-14-23-12-10-8-9-11-17(23)15-24(27-23,20(19)22)28-29(4,5)6/h7,16-20,25H,1,8-15H2,2-6H3/t16-,17-,18-,19+,20-,22-,23+,24-/m0/s1. The average Bonchev–Trinajstić information content (AvgIpc) is 2.88. The van der Waals surface area contributed by atoms with E-state index < -0.39 is 25.6 Å². The molecule has 2 saturated carbocycles. The molecule has 0 aromatic rings. The number of ketones is 1. The molecule has 0 unspecified atom stereocenters. The first-order chi connectivity index (χ1) is 13.5. The third-order valence-electron chi connectivity index (χ3n) is 8.58. The van der Waals surface area contributed by atoms with E-state index in [1.807, 2.05) is 6.92 Å². The van der Waals surface area contributed by atoms with E-state index in [-0.39, 0.29) is 29.1 Å². The monoisotopic (exact) mass is 420 g/mol. The van der Waals surface area contributed by atoms with Crippen LogP contribution in [0.15, 0.2) is 12.7 Å². The van der Waals surface area contributed by atoms with E-state index in [9.17, 15) is 9.90 Å². The molecule has 29 heavy (non-hydrogen) atoms. The molecule has 1 spiro atoms. The average molecular weight is 421 g/mol. The van der Waals surface area contributed by atoms with Crippen LogP contribution in [0.25, 0.3) is 0 Å². The normalized spacial score (nSPS) is 48.4. The van der Waals surface area contributed by atoms with Crippen LogP contribution < -0.4 is 0 Å². The number of ether oxygens (including phenoxy) is 1. The van der Waals surface area contributed by atoms with Crippen molar-refractivity contribution in [1.29, 1.82) is 0 Å². The van der Waals surface area contributed by atoms with E-state index in [2.05, 4.69) is 33.1 Å². The van der Waals surface area contributed by atoms with Gasteiger partial charge in [-0.25, -0.2) is 0 Å². The summed E-state index contributed by atoms with van der Waals surface area (Å²) in [6.07, 6.45) is 9.55. The number of Topliss-reactive ketones (excluding diaryl/α,β-unsaturated/α-hetero) is 1. The highest BCUT2D eigenvalue weighted by Crippen LogP contribution is 2.67. The van der Waals surface area contributed by atoms with Crippen molar-refractivity contribution in [1.82, 2.24) is 0 Å². The van der Waals surface area contributed by atoms with Crippen molar-refractivity contribution in [3.63, 3.8) is 0 Å². The molecule has 2 saturated heterocycles. The van der Waals surface area contributed by atoms with Crippen LogP contribution in [0, 0.1) is 29.1 Å². The van der Waals surface area contributed by atoms with Crippen LogP contribution in [0.1, 0.15) is 65.2 Å². The third kappa shape index (κ3) is 3.22. The second-order valence-corrected chi connectivity index (χ2v) is 16.0. The summed E-state index contributed by atoms with van der Waals surface area (Å²) in [7, 11) is -1.97. The van der Waals surface area contributed by atoms with E-state index in [0.29, 0.717) is 5.92 Å². The van der Waals surface area contributed by atoms with Gasteiger partial charge < -0.3 is 14.3 Å². The van der Waals surface area contributed by atoms with E-state index in [0.717, 1.165) is 25.7 Å². The van der Waals surface area contributed by atoms with Crippen LogP contribution in [-0.4, -0.2) is 36.7 Å². The zero-order valence-electron chi connectivity index (χ0n) is 19.0. The van der Waals surface area contributed by atoms with Crippen LogP contribution in [0.4, 0.5) is 0 Å². The molecule has 4 rings (SSSR count). The van der Waals surface area contributed by atoms with Gasteiger partial charge in [0, 0.05) is 29.6 Å². The fraction of sp³-hybridized carbons (Fsp3) is 0.875. The lowest BCUT2D eigenvalue weighted by Crippen LogP contribution is -2.55. The van der Waals surface area contributed by atoms with Gasteiger partial charge >= 0.3 is 0 Å². The van der Waals surface area contributed by atoms with Gasteiger partial charge in [0.25, 0.3) is 0 Å². The summed E-state index contributed by atoms with van der Waals surface area (Å²) in [6, 6.07) is 0. The Balaban J connectivity index is 1.88. The molecule has 4 fully saturated rings. The first-order valence-electron chi connectivity index (χ1n) is 11.7. The minimum atomic E-state index is -1.97. The van der Waals surface area contributed by atoms with Gasteiger partial charge in [-0.15, -0.1) is 6.58 Å². The van der Waals surface area contributed by atoms with Crippen molar-refractivity contribution in [2.24, 2.45) is 29.1 Å². The minimum Gasteiger partial charge on any atom is -0.390 e. The Labute approximate surface area is 177 Å². The quantitative estimate of drug-likeness (QED) is 0.509. The molecule has 4 nitrogen and oxygen atoms in total. The van der Waals surface area contributed by atoms with Gasteiger partial charge in [0.05, 0.1) is 11.7 Å². The number of fused-ring (bicyclic) bond motifs is 3. The number of carbonyl (C=O) groups is 1. The minimum absolute atomic E-state index is 0.122. The van der Waals surface area contributed by atoms with Crippen molar-refractivity contribution >= 4 is 14.1 Å². The van der Waals surface area contributed by atoms with Gasteiger partial charge in [-0.2, -0.15) is 0 Å². The molecule has 0 aromatic carbocycles. The van der Waals surface area contributed by atoms with Crippen molar-refractivity contribution in [2.45, 2.75) is 102 Å². The second-order valence-electron chi connectivity index (χ2n) is 11.5. The number of aliphatic hydroxyl groups excluding tert-OH is 1. The van der Waals surface area contributed by atoms with Gasteiger partial charge in [-0.3, -0.25) is 4.79 Å². The van der Waals surface area contributed by atoms with Gasteiger partial charge in [0.15, 0.2) is 14.1 Å². The van der Waals surface area contributed by atoms with Crippen molar-refractivity contribution in [2.75, 3.05) is 0 Å². The second kappa shape index (κ2) is 7.01. The Bertz CT molecular complexity index is 687. The smallest absolute Gasteiger partial charge is 0.187 e. The van der Waals surface area contributed by atoms with Crippen molar-refractivity contribution in [3.05, 3.63) is 12.7 Å². The van der Waals surface area contributed by atoms with E-state index in [1.165, 1.54) is 25.7 Å². The molecule has 1 N–H and O–H groups in total. The maximum absolute atomic E-state index is 13.6. The van der Waals surface area contributed by atoms with Crippen LogP contribution in [0.2, 0.25) is 19.6 Å². The Morgan fingerprint density at radius 1 is 1.24 bits per heavy atom. The fourth-order valence-corrected chi connectivity index (χ4v) is 8.85. The van der Waals surface area contributed by atoms with Crippen LogP contribution in [0.5, 0.6) is 0 Å². The Hall–Kier alpha value is -0.493. The molecule has 2 bridgehead atoms. The Morgan fingerprint density at radius 2 is 1.97 bits per heavy atom. The first kappa shape index (κ1) is 21.7. The molecule has 2 heterocycles. The lowest BCUT2D eigenvalue weighted by atomic mass is 9.63. The molecule has 5 heteroatoms. The predicted octanol–water partition coefficient (Wildman–Crippen LogP) is 5.07. The first-order valence-corrected chi connectivity index (χ1v) is 15.1. The lowest BCUT2D eigenvalue weighted by molar-refractivity contribution is -0.256. The van der Waals surface area contributed by atoms with Gasteiger partial charge in [0.2, 0.25) is 0 Å². The molecular weight excluding hydrogens is 380 g/mol. The number of rotatable bonds is 4. The molecule has 0 aromatic heterocycles. The van der Waals surface area contributed by atoms with Crippen LogP contribution in [-0.2, 0) is 14.0 Å². The number of hydrogen-bond donors (Lipinski definition) is 1. The summed E-state index contributed by atoms with van der Waals surface area (Å²) in [6.45, 7) is 14.6. The topological polar surface area (TPSA) is 55.8 Å². The largest absolute Gasteiger partial charge is 0.390 e. The summed E-state index contributed by atoms with van der Waals surface area (Å²) in [5, 5.41) is 11.0. The number of aliphatic hydroxyl groups is 1. The van der Waals surface area contributed by atoms with E-state index >= 15 is 0 Å². The molecule has 8 atom stereocenters. The summed E-state index contributed by atoms with van der Waals surface area (Å²) in [5.41, 5.74) is -0.662. The highest BCUT2D eigenvalue weighted by atomic mass is 28.4. The van der Waals surface area contributed by atoms with Gasteiger partial charge in [0.1, 0.15) is 5.78 Å². The number of carbonyl (C=O) groups excluding carboxylic acids is 1. The summed E-state index contributed by atoms with van der Waals surface area (Å²) >= 11 is 0. The molecule has 2 aliphatic heterocycles. The molecule has 0 amide bonds. The van der Waals surface area contributed by atoms with Crippen LogP contribution in [0.3, 0.4) is 0 Å². The maximum Gasteiger partial charge on any atom is 0.187 e. The molecule has 0 radical (unpaired) electrons. The van der Waals surface area contributed by atoms with E-state index in [4.69, 9.17) is 9.16 Å². The molecule has 4 aliphatic rings. The highest BCUT2D eigenvalue weighted by Gasteiger charge is 2.72. The highest BCUT2D eigenvalue weighted by molar-refractivity contribution is 6.69. The number of hydrogen-bond acceptors (Lipinski definition) is 4. The van der Waals surface area contributed by atoms with E-state index in [1.54, 1.807) is 6.08 Å². The summed E-state index contributed by atoms with van der Waals surface area (Å²) < 4.78 is 14.2. The van der Waals surface area contributed by atoms with Gasteiger partial charge in [-0.05, 0) is 51.2 Å². The lowest BCUT2D eigenvalue weighted by Gasteiger charge is -2.47. The van der Waals surface area contributed by atoms with Gasteiger partial charge in [-0.1, -0.05) is 39.2 Å². The molecule has 164 valence electrons. The van der Waals surface area contributed by atoms with Crippen LogP contribution >= 0.6 is 0 Å². The zero-order valence-corrected chi connectivity index (χ0v) is 20.0. The predicted molar refractivity (Wildman–Crippen MR) is 117 cm³/mol. The molecule has 2 aliphatic carbocycles. The van der Waals surface area contributed by atoms with Crippen molar-refractivity contribution in [3.8, 4) is 0 Å². The summed E-state index contributed by atoms with van der Waals surface area (Å²) in [4.78, 5) is 13.6. The zero-order chi connectivity index (χ0) is 21.2. The molecular formula is C24H40O4Si. The fourth-order valence-electron chi connectivity index (χ4n) is 7.57. The Kier molecular flexibility index (Phi) is 5.25. The SMILES string of the molecule is C=C[C@H](O)[C@H]1[C@H](C)C(=O)[C@@]2(C)CC[C@]34CCCCC[C@H]3C[C@@](O[Si](C)(C)C)(O4)[C@@H]12. The van der Waals surface area contributed by atoms with Crippen molar-refractivity contribution < 1.29 is 19.1 Å². The Morgan fingerprint density at radius 3 is 2.62 bits per heavy atom. The third-order valence-corrected chi connectivity index (χ3v) is 9.54. The maximum atomic E-state index is 13.6.